The van der Waals surface area contributed by atoms with Gasteiger partial charge >= 0.3 is 0 Å². The standard InChI is InChI=1S/C16H21N3O3/c1-11(2)22-10-6-9-17-15(20)14-12-7-4-5-8-13(12)16(21)19(3)18-14/h4-5,7-8,11H,6,9-10H2,1-3H3,(H,17,20). The highest BCUT2D eigenvalue weighted by Gasteiger charge is 2.14. The number of ether oxygens (including phenoxy) is 1. The van der Waals surface area contributed by atoms with E-state index in [2.05, 4.69) is 10.4 Å². The molecule has 0 unspecified atom stereocenters. The van der Waals surface area contributed by atoms with Crippen LogP contribution in [0.5, 0.6) is 0 Å². The summed E-state index contributed by atoms with van der Waals surface area (Å²) in [5.41, 5.74) is 0.0555. The van der Waals surface area contributed by atoms with E-state index in [1.807, 2.05) is 13.8 Å². The third-order valence-corrected chi connectivity index (χ3v) is 3.23. The SMILES string of the molecule is CC(C)OCCCNC(=O)c1nn(C)c(=O)c2ccccc12. The fourth-order valence-corrected chi connectivity index (χ4v) is 2.14. The molecule has 1 amide bonds. The van der Waals surface area contributed by atoms with E-state index in [-0.39, 0.29) is 23.3 Å². The second-order valence-electron chi connectivity index (χ2n) is 5.35. The first-order valence-corrected chi connectivity index (χ1v) is 7.36. The second kappa shape index (κ2) is 7.17. The van der Waals surface area contributed by atoms with Crippen molar-refractivity contribution in [1.82, 2.24) is 15.1 Å². The average Bonchev–Trinajstić information content (AvgIpc) is 2.50. The molecule has 0 bridgehead atoms. The van der Waals surface area contributed by atoms with Crippen molar-refractivity contribution < 1.29 is 9.53 Å². The lowest BCUT2D eigenvalue weighted by molar-refractivity contribution is 0.0756. The lowest BCUT2D eigenvalue weighted by atomic mass is 10.1. The summed E-state index contributed by atoms with van der Waals surface area (Å²) in [5, 5.41) is 7.97. The molecule has 0 aliphatic heterocycles. The second-order valence-corrected chi connectivity index (χ2v) is 5.35. The van der Waals surface area contributed by atoms with Gasteiger partial charge in [0.1, 0.15) is 0 Å². The Morgan fingerprint density at radius 3 is 2.68 bits per heavy atom. The van der Waals surface area contributed by atoms with Gasteiger partial charge < -0.3 is 10.1 Å². The summed E-state index contributed by atoms with van der Waals surface area (Å²) in [6, 6.07) is 7.00. The number of hydrogen-bond acceptors (Lipinski definition) is 4. The minimum absolute atomic E-state index is 0.185. The van der Waals surface area contributed by atoms with Gasteiger partial charge in [-0.2, -0.15) is 5.10 Å². The van der Waals surface area contributed by atoms with Crippen LogP contribution >= 0.6 is 0 Å². The van der Waals surface area contributed by atoms with E-state index >= 15 is 0 Å². The van der Waals surface area contributed by atoms with Crippen molar-refractivity contribution in [2.75, 3.05) is 13.2 Å². The maximum atomic E-state index is 12.3. The van der Waals surface area contributed by atoms with E-state index in [4.69, 9.17) is 4.74 Å². The summed E-state index contributed by atoms with van der Waals surface area (Å²) in [4.78, 5) is 24.3. The summed E-state index contributed by atoms with van der Waals surface area (Å²) >= 11 is 0. The number of amides is 1. The van der Waals surface area contributed by atoms with Crippen LogP contribution in [0.1, 0.15) is 30.8 Å². The Bertz CT molecular complexity index is 722. The van der Waals surface area contributed by atoms with E-state index in [1.165, 1.54) is 4.68 Å². The van der Waals surface area contributed by atoms with Crippen LogP contribution in [0.15, 0.2) is 29.1 Å². The zero-order valence-corrected chi connectivity index (χ0v) is 13.1. The molecule has 6 heteroatoms. The van der Waals surface area contributed by atoms with Crippen LogP contribution in [0, 0.1) is 0 Å². The zero-order valence-electron chi connectivity index (χ0n) is 13.1. The van der Waals surface area contributed by atoms with Gasteiger partial charge in [0.2, 0.25) is 0 Å². The van der Waals surface area contributed by atoms with Gasteiger partial charge in [0.15, 0.2) is 5.69 Å². The smallest absolute Gasteiger partial charge is 0.274 e. The molecule has 0 atom stereocenters. The van der Waals surface area contributed by atoms with Gasteiger partial charge in [-0.1, -0.05) is 18.2 Å². The minimum atomic E-state index is -0.281. The number of nitrogens with one attached hydrogen (secondary N) is 1. The predicted molar refractivity (Wildman–Crippen MR) is 85.0 cm³/mol. The molecule has 0 saturated heterocycles. The van der Waals surface area contributed by atoms with E-state index in [9.17, 15) is 9.59 Å². The summed E-state index contributed by atoms with van der Waals surface area (Å²) in [6.45, 7) is 5.04. The minimum Gasteiger partial charge on any atom is -0.379 e. The van der Waals surface area contributed by atoms with Gasteiger partial charge in [-0.15, -0.1) is 0 Å². The first-order chi connectivity index (χ1) is 10.5. The molecule has 6 nitrogen and oxygen atoms in total. The van der Waals surface area contributed by atoms with Gasteiger partial charge in [-0.25, -0.2) is 4.68 Å². The molecule has 0 spiro atoms. The largest absolute Gasteiger partial charge is 0.379 e. The van der Waals surface area contributed by atoms with Gasteiger partial charge in [0.25, 0.3) is 11.5 Å². The maximum absolute atomic E-state index is 12.3. The van der Waals surface area contributed by atoms with Crippen LogP contribution in [0.3, 0.4) is 0 Å². The molecule has 1 N–H and O–H groups in total. The molecule has 118 valence electrons. The van der Waals surface area contributed by atoms with Gasteiger partial charge in [0, 0.05) is 25.6 Å². The van der Waals surface area contributed by atoms with Crippen molar-refractivity contribution in [1.29, 1.82) is 0 Å². The van der Waals surface area contributed by atoms with E-state index in [0.29, 0.717) is 23.9 Å². The summed E-state index contributed by atoms with van der Waals surface area (Å²) in [7, 11) is 1.54. The van der Waals surface area contributed by atoms with Crippen molar-refractivity contribution >= 4 is 16.7 Å². The van der Waals surface area contributed by atoms with Crippen molar-refractivity contribution in [2.45, 2.75) is 26.4 Å². The number of carbonyl (C=O) groups is 1. The third-order valence-electron chi connectivity index (χ3n) is 3.23. The Balaban J connectivity index is 2.12. The van der Waals surface area contributed by atoms with E-state index in [0.717, 1.165) is 6.42 Å². The molecule has 1 aromatic carbocycles. The molecule has 0 aliphatic rings. The van der Waals surface area contributed by atoms with Gasteiger partial charge in [0.05, 0.1) is 11.5 Å². The molecule has 0 aliphatic carbocycles. The topological polar surface area (TPSA) is 73.2 Å². The number of aryl methyl sites for hydroxylation is 1. The van der Waals surface area contributed by atoms with Crippen molar-refractivity contribution in [3.8, 4) is 0 Å². The average molecular weight is 303 g/mol. The predicted octanol–water partition coefficient (Wildman–Crippen LogP) is 1.48. The van der Waals surface area contributed by atoms with Crippen LogP contribution in [0.4, 0.5) is 0 Å². The molecular weight excluding hydrogens is 282 g/mol. The highest BCUT2D eigenvalue weighted by molar-refractivity contribution is 6.04. The summed E-state index contributed by atoms with van der Waals surface area (Å²) in [6.07, 6.45) is 0.915. The van der Waals surface area contributed by atoms with Crippen LogP contribution in [0.25, 0.3) is 10.8 Å². The summed E-state index contributed by atoms with van der Waals surface area (Å²) < 4.78 is 6.62. The molecule has 0 radical (unpaired) electrons. The molecule has 1 aromatic heterocycles. The number of rotatable bonds is 6. The monoisotopic (exact) mass is 303 g/mol. The van der Waals surface area contributed by atoms with Crippen molar-refractivity contribution in [2.24, 2.45) is 7.05 Å². The fourth-order valence-electron chi connectivity index (χ4n) is 2.14. The van der Waals surface area contributed by atoms with Crippen LogP contribution in [-0.4, -0.2) is 34.9 Å². The van der Waals surface area contributed by atoms with Crippen molar-refractivity contribution in [3.05, 3.63) is 40.3 Å². The normalized spacial score (nSPS) is 11.1. The quantitative estimate of drug-likeness (QED) is 0.820. The van der Waals surface area contributed by atoms with Crippen LogP contribution < -0.4 is 10.9 Å². The van der Waals surface area contributed by atoms with Crippen LogP contribution in [0.2, 0.25) is 0 Å². The molecule has 0 fully saturated rings. The molecule has 1 heterocycles. The lowest BCUT2D eigenvalue weighted by Gasteiger charge is -2.10. The fraction of sp³-hybridized carbons (Fsp3) is 0.438. The number of fused-ring (bicyclic) bond motifs is 1. The van der Waals surface area contributed by atoms with Gasteiger partial charge in [-0.3, -0.25) is 9.59 Å². The number of benzene rings is 1. The first-order valence-electron chi connectivity index (χ1n) is 7.36. The Labute approximate surface area is 129 Å². The Hall–Kier alpha value is -2.21. The first kappa shape index (κ1) is 16.2. The number of carbonyl (C=O) groups excluding carboxylic acids is 1. The molecular formula is C16H21N3O3. The Morgan fingerprint density at radius 1 is 1.32 bits per heavy atom. The molecule has 0 saturated carbocycles. The lowest BCUT2D eigenvalue weighted by Crippen LogP contribution is -2.30. The Morgan fingerprint density at radius 2 is 2.00 bits per heavy atom. The highest BCUT2D eigenvalue weighted by Crippen LogP contribution is 2.12. The molecule has 22 heavy (non-hydrogen) atoms. The van der Waals surface area contributed by atoms with Gasteiger partial charge in [-0.05, 0) is 26.3 Å². The Kier molecular flexibility index (Phi) is 5.27. The van der Waals surface area contributed by atoms with Crippen LogP contribution in [-0.2, 0) is 11.8 Å². The third kappa shape index (κ3) is 3.71. The highest BCUT2D eigenvalue weighted by atomic mass is 16.5. The number of aromatic nitrogens is 2. The molecule has 2 rings (SSSR count). The van der Waals surface area contributed by atoms with E-state index < -0.39 is 0 Å². The number of hydrogen-bond donors (Lipinski definition) is 1. The summed E-state index contributed by atoms with van der Waals surface area (Å²) in [5.74, 6) is -0.281. The van der Waals surface area contributed by atoms with E-state index in [1.54, 1.807) is 31.3 Å². The van der Waals surface area contributed by atoms with Crippen molar-refractivity contribution in [3.63, 3.8) is 0 Å². The maximum Gasteiger partial charge on any atom is 0.274 e. The zero-order chi connectivity index (χ0) is 16.1. The molecule has 2 aromatic rings. The number of nitrogens with zero attached hydrogens (tertiary/aromatic N) is 2.